The molecule has 0 spiro atoms. The Balaban J connectivity index is 1.98. The summed E-state index contributed by atoms with van der Waals surface area (Å²) in [5.41, 5.74) is 2.54. The first-order valence-corrected chi connectivity index (χ1v) is 6.72. The lowest BCUT2D eigenvalue weighted by Gasteiger charge is -2.24. The van der Waals surface area contributed by atoms with E-state index in [-0.39, 0.29) is 16.7 Å². The van der Waals surface area contributed by atoms with Gasteiger partial charge < -0.3 is 4.74 Å². The molecule has 2 rings (SSSR count). The molecular formula is C13H18O2S. The zero-order valence-electron chi connectivity index (χ0n) is 9.86. The van der Waals surface area contributed by atoms with Crippen LogP contribution < -0.4 is 0 Å². The number of allylic oxidation sites excluding steroid dienone is 2. The molecule has 1 heterocycles. The average Bonchev–Trinajstić information content (AvgIpc) is 2.59. The van der Waals surface area contributed by atoms with Gasteiger partial charge in [0.05, 0.1) is 0 Å². The van der Waals surface area contributed by atoms with E-state index in [1.165, 1.54) is 11.1 Å². The first kappa shape index (κ1) is 11.8. The van der Waals surface area contributed by atoms with E-state index >= 15 is 0 Å². The molecular weight excluding hydrogens is 220 g/mol. The van der Waals surface area contributed by atoms with Crippen LogP contribution in [0.2, 0.25) is 0 Å². The standard InChI is InChI=1S/C13H18O2S/c1-8(2)10-4-6-11(7-5-10)13-15-12(14)9(3)16-13/h6,9-10,13H,1,4-5,7H2,2-3H3. The predicted octanol–water partition coefficient (Wildman–Crippen LogP) is 3.29. The number of rotatable bonds is 2. The van der Waals surface area contributed by atoms with Crippen LogP contribution in [0.15, 0.2) is 23.8 Å². The highest BCUT2D eigenvalue weighted by Crippen LogP contribution is 2.38. The summed E-state index contributed by atoms with van der Waals surface area (Å²) in [6.07, 6.45) is 5.47. The van der Waals surface area contributed by atoms with Crippen molar-refractivity contribution in [3.05, 3.63) is 23.8 Å². The van der Waals surface area contributed by atoms with Crippen molar-refractivity contribution < 1.29 is 9.53 Å². The van der Waals surface area contributed by atoms with Crippen LogP contribution in [0.4, 0.5) is 0 Å². The number of ether oxygens (including phenoxy) is 1. The van der Waals surface area contributed by atoms with Crippen molar-refractivity contribution in [1.29, 1.82) is 0 Å². The Morgan fingerprint density at radius 3 is 2.81 bits per heavy atom. The average molecular weight is 238 g/mol. The van der Waals surface area contributed by atoms with Crippen molar-refractivity contribution in [3.63, 3.8) is 0 Å². The molecule has 88 valence electrons. The van der Waals surface area contributed by atoms with Gasteiger partial charge in [-0.15, -0.1) is 0 Å². The van der Waals surface area contributed by atoms with Crippen LogP contribution >= 0.6 is 11.8 Å². The number of carbonyl (C=O) groups excluding carboxylic acids is 1. The predicted molar refractivity (Wildman–Crippen MR) is 67.2 cm³/mol. The summed E-state index contributed by atoms with van der Waals surface area (Å²) in [6.45, 7) is 8.01. The van der Waals surface area contributed by atoms with Crippen molar-refractivity contribution >= 4 is 17.7 Å². The minimum Gasteiger partial charge on any atom is -0.446 e. The highest BCUT2D eigenvalue weighted by Gasteiger charge is 2.34. The van der Waals surface area contributed by atoms with Crippen LogP contribution in [0, 0.1) is 5.92 Å². The molecule has 0 amide bonds. The summed E-state index contributed by atoms with van der Waals surface area (Å²) in [6, 6.07) is 0. The van der Waals surface area contributed by atoms with E-state index < -0.39 is 0 Å². The summed E-state index contributed by atoms with van der Waals surface area (Å²) >= 11 is 1.63. The number of hydrogen-bond donors (Lipinski definition) is 0. The second kappa shape index (κ2) is 4.66. The summed E-state index contributed by atoms with van der Waals surface area (Å²) in [5, 5.41) is -0.00948. The molecule has 0 N–H and O–H groups in total. The molecule has 0 aromatic rings. The van der Waals surface area contributed by atoms with Gasteiger partial charge >= 0.3 is 5.97 Å². The summed E-state index contributed by atoms with van der Waals surface area (Å²) in [7, 11) is 0. The maximum Gasteiger partial charge on any atom is 0.320 e. The van der Waals surface area contributed by atoms with Crippen molar-refractivity contribution in [3.8, 4) is 0 Å². The van der Waals surface area contributed by atoms with Crippen molar-refractivity contribution in [2.75, 3.05) is 0 Å². The van der Waals surface area contributed by atoms with Gasteiger partial charge in [-0.25, -0.2) is 0 Å². The molecule has 3 heteroatoms. The molecule has 3 atom stereocenters. The molecule has 0 bridgehead atoms. The Morgan fingerprint density at radius 2 is 2.38 bits per heavy atom. The Kier molecular flexibility index (Phi) is 3.43. The van der Waals surface area contributed by atoms with E-state index in [9.17, 15) is 4.79 Å². The number of cyclic esters (lactones) is 1. The van der Waals surface area contributed by atoms with Gasteiger partial charge in [0.2, 0.25) is 0 Å². The third kappa shape index (κ3) is 2.34. The minimum absolute atomic E-state index is 0.00948. The molecule has 16 heavy (non-hydrogen) atoms. The molecule has 2 nitrogen and oxygen atoms in total. The van der Waals surface area contributed by atoms with Gasteiger partial charge in [0, 0.05) is 0 Å². The monoisotopic (exact) mass is 238 g/mol. The Labute approximate surface area is 101 Å². The maximum absolute atomic E-state index is 11.3. The van der Waals surface area contributed by atoms with E-state index in [1.807, 2.05) is 6.92 Å². The van der Waals surface area contributed by atoms with Crippen LogP contribution in [-0.4, -0.2) is 16.7 Å². The Morgan fingerprint density at radius 1 is 1.62 bits per heavy atom. The zero-order chi connectivity index (χ0) is 11.7. The Hall–Kier alpha value is -0.700. The first-order chi connectivity index (χ1) is 7.58. The number of hydrogen-bond acceptors (Lipinski definition) is 3. The highest BCUT2D eigenvalue weighted by molar-refractivity contribution is 8.01. The number of thioether (sulfide) groups is 1. The third-order valence-electron chi connectivity index (χ3n) is 3.33. The van der Waals surface area contributed by atoms with E-state index in [4.69, 9.17) is 4.74 Å². The molecule has 1 fully saturated rings. The van der Waals surface area contributed by atoms with Gasteiger partial charge in [0.1, 0.15) is 5.25 Å². The summed E-state index contributed by atoms with van der Waals surface area (Å²) in [5.74, 6) is 0.543. The van der Waals surface area contributed by atoms with E-state index in [0.29, 0.717) is 5.92 Å². The lowest BCUT2D eigenvalue weighted by molar-refractivity contribution is -0.141. The van der Waals surface area contributed by atoms with Gasteiger partial charge in [-0.05, 0) is 44.6 Å². The van der Waals surface area contributed by atoms with Gasteiger partial charge in [-0.3, -0.25) is 4.79 Å². The number of esters is 1. The van der Waals surface area contributed by atoms with Crippen LogP contribution in [-0.2, 0) is 9.53 Å². The maximum atomic E-state index is 11.3. The fraction of sp³-hybridized carbons (Fsp3) is 0.615. The van der Waals surface area contributed by atoms with Crippen LogP contribution in [0.5, 0.6) is 0 Å². The van der Waals surface area contributed by atoms with Gasteiger partial charge in [-0.1, -0.05) is 30.0 Å². The van der Waals surface area contributed by atoms with Gasteiger partial charge in [0.15, 0.2) is 5.44 Å². The fourth-order valence-corrected chi connectivity index (χ4v) is 3.23. The molecule has 1 aliphatic carbocycles. The smallest absolute Gasteiger partial charge is 0.320 e. The quantitative estimate of drug-likeness (QED) is 0.545. The topological polar surface area (TPSA) is 26.3 Å². The van der Waals surface area contributed by atoms with Crippen LogP contribution in [0.3, 0.4) is 0 Å². The SMILES string of the molecule is C=C(C)C1CC=C(C2OC(=O)C(C)S2)CC1. The van der Waals surface area contributed by atoms with Gasteiger partial charge in [0.25, 0.3) is 0 Å². The van der Waals surface area contributed by atoms with Crippen molar-refractivity contribution in [2.24, 2.45) is 5.92 Å². The second-order valence-corrected chi connectivity index (χ2v) is 6.05. The summed E-state index contributed by atoms with van der Waals surface area (Å²) in [4.78, 5) is 11.3. The molecule has 0 aromatic heterocycles. The lowest BCUT2D eigenvalue weighted by Crippen LogP contribution is -2.14. The van der Waals surface area contributed by atoms with E-state index in [2.05, 4.69) is 19.6 Å². The molecule has 1 aliphatic heterocycles. The molecule has 1 saturated heterocycles. The molecule has 3 unspecified atom stereocenters. The second-order valence-electron chi connectivity index (χ2n) is 4.64. The van der Waals surface area contributed by atoms with Crippen LogP contribution in [0.1, 0.15) is 33.1 Å². The Bertz CT molecular complexity index is 346. The fourth-order valence-electron chi connectivity index (χ4n) is 2.15. The largest absolute Gasteiger partial charge is 0.446 e. The molecule has 0 radical (unpaired) electrons. The van der Waals surface area contributed by atoms with Crippen molar-refractivity contribution in [1.82, 2.24) is 0 Å². The molecule has 0 saturated carbocycles. The van der Waals surface area contributed by atoms with E-state index in [0.717, 1.165) is 19.3 Å². The van der Waals surface area contributed by atoms with E-state index in [1.54, 1.807) is 11.8 Å². The summed E-state index contributed by atoms with van der Waals surface area (Å²) < 4.78 is 5.34. The normalized spacial score (nSPS) is 34.5. The van der Waals surface area contributed by atoms with Crippen LogP contribution in [0.25, 0.3) is 0 Å². The third-order valence-corrected chi connectivity index (χ3v) is 4.58. The molecule has 2 aliphatic rings. The van der Waals surface area contributed by atoms with Gasteiger partial charge in [-0.2, -0.15) is 0 Å². The first-order valence-electron chi connectivity index (χ1n) is 5.78. The number of carbonyl (C=O) groups is 1. The van der Waals surface area contributed by atoms with Crippen molar-refractivity contribution in [2.45, 2.75) is 43.8 Å². The minimum atomic E-state index is -0.0714. The lowest BCUT2D eigenvalue weighted by atomic mass is 9.86. The highest BCUT2D eigenvalue weighted by atomic mass is 32.2. The zero-order valence-corrected chi connectivity index (χ0v) is 10.7. The molecule has 0 aromatic carbocycles.